The highest BCUT2D eigenvalue weighted by Crippen LogP contribution is 1.85. The van der Waals surface area contributed by atoms with Crippen molar-refractivity contribution < 1.29 is 8.42 Å². The van der Waals surface area contributed by atoms with E-state index in [1.807, 2.05) is 0 Å². The SMILES string of the molecule is CS(=O)(=O)NCCCNCCCCNCCCN. The summed E-state index contributed by atoms with van der Waals surface area (Å²) >= 11 is 0. The minimum absolute atomic E-state index is 0.506. The molecule has 0 aliphatic heterocycles. The maximum atomic E-state index is 10.8. The fourth-order valence-electron chi connectivity index (χ4n) is 1.45. The van der Waals surface area contributed by atoms with Gasteiger partial charge in [-0.15, -0.1) is 0 Å². The molecule has 7 heteroatoms. The van der Waals surface area contributed by atoms with Crippen molar-refractivity contribution in [3.05, 3.63) is 0 Å². The monoisotopic (exact) mass is 280 g/mol. The first kappa shape index (κ1) is 17.8. The molecule has 0 radical (unpaired) electrons. The lowest BCUT2D eigenvalue weighted by Gasteiger charge is -2.06. The topological polar surface area (TPSA) is 96.2 Å². The van der Waals surface area contributed by atoms with Gasteiger partial charge in [0.25, 0.3) is 0 Å². The molecule has 0 atom stereocenters. The molecule has 0 aromatic heterocycles. The van der Waals surface area contributed by atoms with Gasteiger partial charge in [0.05, 0.1) is 6.26 Å². The molecule has 0 aliphatic carbocycles. The number of nitrogens with two attached hydrogens (primary N) is 1. The summed E-state index contributed by atoms with van der Waals surface area (Å²) in [5.41, 5.74) is 5.38. The highest BCUT2D eigenvalue weighted by molar-refractivity contribution is 7.88. The molecule has 0 rings (SSSR count). The normalized spacial score (nSPS) is 11.9. The summed E-state index contributed by atoms with van der Waals surface area (Å²) in [6.45, 7) is 5.13. The molecular weight excluding hydrogens is 252 g/mol. The Morgan fingerprint density at radius 2 is 1.33 bits per heavy atom. The molecule has 0 heterocycles. The molecule has 5 N–H and O–H groups in total. The predicted molar refractivity (Wildman–Crippen MR) is 76.1 cm³/mol. The lowest BCUT2D eigenvalue weighted by molar-refractivity contribution is 0.560. The van der Waals surface area contributed by atoms with Crippen molar-refractivity contribution in [2.24, 2.45) is 5.73 Å². The van der Waals surface area contributed by atoms with Crippen molar-refractivity contribution in [2.45, 2.75) is 25.7 Å². The maximum absolute atomic E-state index is 10.8. The van der Waals surface area contributed by atoms with Crippen LogP contribution in [-0.2, 0) is 10.0 Å². The Morgan fingerprint density at radius 3 is 1.83 bits per heavy atom. The van der Waals surface area contributed by atoms with E-state index in [1.54, 1.807) is 0 Å². The van der Waals surface area contributed by atoms with Gasteiger partial charge in [-0.25, -0.2) is 13.1 Å². The second kappa shape index (κ2) is 11.9. The van der Waals surface area contributed by atoms with Gasteiger partial charge in [-0.3, -0.25) is 0 Å². The van der Waals surface area contributed by atoms with Crippen LogP contribution >= 0.6 is 0 Å². The molecule has 0 aromatic carbocycles. The minimum atomic E-state index is -3.03. The number of hydrogen-bond acceptors (Lipinski definition) is 5. The summed E-state index contributed by atoms with van der Waals surface area (Å²) in [6.07, 6.45) is 5.32. The number of nitrogens with one attached hydrogen (secondary N) is 3. The van der Waals surface area contributed by atoms with Gasteiger partial charge in [0.2, 0.25) is 10.0 Å². The summed E-state index contributed by atoms with van der Waals surface area (Å²) < 4.78 is 24.0. The van der Waals surface area contributed by atoms with Crippen molar-refractivity contribution in [1.82, 2.24) is 15.4 Å². The first-order valence-electron chi connectivity index (χ1n) is 6.62. The second-order valence-corrected chi connectivity index (χ2v) is 6.20. The van der Waals surface area contributed by atoms with Gasteiger partial charge < -0.3 is 16.4 Å². The lowest BCUT2D eigenvalue weighted by atomic mass is 10.3. The standard InChI is InChI=1S/C11H28N4O2S/c1-18(16,17)15-11-5-10-14-8-3-2-7-13-9-4-6-12/h13-15H,2-12H2,1H3. The van der Waals surface area contributed by atoms with Gasteiger partial charge in [0, 0.05) is 6.54 Å². The number of hydrogen-bond donors (Lipinski definition) is 4. The van der Waals surface area contributed by atoms with Crippen molar-refractivity contribution in [1.29, 1.82) is 0 Å². The van der Waals surface area contributed by atoms with Crippen LogP contribution in [0.5, 0.6) is 0 Å². The van der Waals surface area contributed by atoms with Gasteiger partial charge in [0.1, 0.15) is 0 Å². The number of rotatable bonds is 13. The van der Waals surface area contributed by atoms with E-state index in [-0.39, 0.29) is 0 Å². The largest absolute Gasteiger partial charge is 0.330 e. The van der Waals surface area contributed by atoms with E-state index in [4.69, 9.17) is 5.73 Å². The highest BCUT2D eigenvalue weighted by Gasteiger charge is 1.97. The molecule has 0 unspecified atom stereocenters. The Labute approximate surface area is 111 Å². The molecule has 0 amide bonds. The van der Waals surface area contributed by atoms with Crippen molar-refractivity contribution >= 4 is 10.0 Å². The molecule has 0 aliphatic rings. The quantitative estimate of drug-likeness (QED) is 0.332. The second-order valence-electron chi connectivity index (χ2n) is 4.37. The molecule has 6 nitrogen and oxygen atoms in total. The fourth-order valence-corrected chi connectivity index (χ4v) is 1.96. The first-order chi connectivity index (χ1) is 8.56. The van der Waals surface area contributed by atoms with Gasteiger partial charge in [-0.05, 0) is 58.4 Å². The van der Waals surface area contributed by atoms with Gasteiger partial charge in [-0.2, -0.15) is 0 Å². The van der Waals surface area contributed by atoms with Gasteiger partial charge in [0.15, 0.2) is 0 Å². The smallest absolute Gasteiger partial charge is 0.208 e. The van der Waals surface area contributed by atoms with Crippen LogP contribution in [0.25, 0.3) is 0 Å². The highest BCUT2D eigenvalue weighted by atomic mass is 32.2. The summed E-state index contributed by atoms with van der Waals surface area (Å²) in [6, 6.07) is 0. The molecule has 0 fully saturated rings. The zero-order valence-corrected chi connectivity index (χ0v) is 12.2. The van der Waals surface area contributed by atoms with Crippen LogP contribution in [0.15, 0.2) is 0 Å². The Morgan fingerprint density at radius 1 is 0.833 bits per heavy atom. The predicted octanol–water partition coefficient (Wildman–Crippen LogP) is -0.766. The molecule has 0 spiro atoms. The van der Waals surface area contributed by atoms with E-state index in [0.717, 1.165) is 58.4 Å². The Bertz CT molecular complexity index is 270. The number of unbranched alkanes of at least 4 members (excludes halogenated alkanes) is 1. The average Bonchev–Trinajstić information content (AvgIpc) is 2.29. The molecule has 0 saturated heterocycles. The third-order valence-corrected chi connectivity index (χ3v) is 3.14. The first-order valence-corrected chi connectivity index (χ1v) is 8.51. The van der Waals surface area contributed by atoms with E-state index in [9.17, 15) is 8.42 Å². The summed E-state index contributed by atoms with van der Waals surface area (Å²) in [7, 11) is -3.03. The van der Waals surface area contributed by atoms with Crippen molar-refractivity contribution in [2.75, 3.05) is 45.5 Å². The molecular formula is C11H28N4O2S. The third-order valence-electron chi connectivity index (χ3n) is 2.41. The Kier molecular flexibility index (Phi) is 11.7. The summed E-state index contributed by atoms with van der Waals surface area (Å²) in [5.74, 6) is 0. The van der Waals surface area contributed by atoms with Crippen LogP contribution in [0.3, 0.4) is 0 Å². The Hall–Kier alpha value is -0.210. The van der Waals surface area contributed by atoms with E-state index < -0.39 is 10.0 Å². The lowest BCUT2D eigenvalue weighted by Crippen LogP contribution is -2.27. The van der Waals surface area contributed by atoms with E-state index in [0.29, 0.717) is 6.54 Å². The molecule has 110 valence electrons. The summed E-state index contributed by atoms with van der Waals surface area (Å²) in [5, 5.41) is 6.62. The molecule has 18 heavy (non-hydrogen) atoms. The van der Waals surface area contributed by atoms with Crippen LogP contribution in [0, 0.1) is 0 Å². The summed E-state index contributed by atoms with van der Waals surface area (Å²) in [4.78, 5) is 0. The van der Waals surface area contributed by atoms with Crippen molar-refractivity contribution in [3.63, 3.8) is 0 Å². The van der Waals surface area contributed by atoms with Crippen LogP contribution in [-0.4, -0.2) is 53.9 Å². The molecule has 0 bridgehead atoms. The van der Waals surface area contributed by atoms with Crippen LogP contribution in [0.4, 0.5) is 0 Å². The van der Waals surface area contributed by atoms with Gasteiger partial charge in [-0.1, -0.05) is 0 Å². The van der Waals surface area contributed by atoms with E-state index in [1.165, 1.54) is 6.26 Å². The van der Waals surface area contributed by atoms with Crippen LogP contribution < -0.4 is 21.1 Å². The van der Waals surface area contributed by atoms with Crippen LogP contribution in [0.1, 0.15) is 25.7 Å². The molecule has 0 saturated carbocycles. The van der Waals surface area contributed by atoms with Gasteiger partial charge >= 0.3 is 0 Å². The van der Waals surface area contributed by atoms with E-state index in [2.05, 4.69) is 15.4 Å². The number of sulfonamides is 1. The minimum Gasteiger partial charge on any atom is -0.330 e. The van der Waals surface area contributed by atoms with Crippen LogP contribution in [0.2, 0.25) is 0 Å². The third kappa shape index (κ3) is 15.8. The zero-order valence-electron chi connectivity index (χ0n) is 11.4. The van der Waals surface area contributed by atoms with E-state index >= 15 is 0 Å². The zero-order chi connectivity index (χ0) is 13.7. The maximum Gasteiger partial charge on any atom is 0.208 e. The van der Waals surface area contributed by atoms with Crippen molar-refractivity contribution in [3.8, 4) is 0 Å². The molecule has 0 aromatic rings. The average molecular weight is 280 g/mol. The Balaban J connectivity index is 3.03. The fraction of sp³-hybridized carbons (Fsp3) is 1.00.